The Kier molecular flexibility index (Phi) is 61.4. The molecular formula is C100H164O. The van der Waals surface area contributed by atoms with E-state index >= 15 is 0 Å². The number of hydrogen-bond acceptors (Lipinski definition) is 1. The molecule has 0 aliphatic heterocycles. The molecule has 0 rings (SSSR count). The molecule has 1 unspecified atom stereocenters. The molecule has 1 N–H and O–H groups in total. The van der Waals surface area contributed by atoms with E-state index in [1.165, 1.54) is 228 Å². The van der Waals surface area contributed by atoms with Gasteiger partial charge in [0.05, 0.1) is 0 Å². The van der Waals surface area contributed by atoms with Crippen LogP contribution >= 0.6 is 0 Å². The maximum atomic E-state index is 9.12. The van der Waals surface area contributed by atoms with Gasteiger partial charge >= 0.3 is 0 Å². The Labute approximate surface area is 631 Å². The standard InChI is InChI=1S/C100H164O/c1-81(2)41-22-42-82(3)43-23-44-83(4)45-24-46-84(5)47-25-48-85(6)49-26-50-86(7)51-27-52-87(8)53-28-54-88(9)55-29-56-89(10)57-30-58-90(11)59-31-60-91(12)61-32-62-92(13)63-33-64-93(14)65-34-66-94(15)67-35-68-95(16)69-36-70-96(17)71-37-72-97(18)73-38-74-98(19)75-39-76-99(20)77-40-78-100(21)79-80-101/h41,43,45,47,49,51,53,55,57,59,61,63,65,67,69,71,73,75,77,100-101H,22-40,42,44,46,48,50,52,54,56,58,60,62,64,66,68,70,72,74,76,78-80H2,1-21H3/b82-43+,83-45+,84-47+,85-49+,86-51?,87-53+,88-55+,89-57+,90-59+,91-61+,92-63+,93-65+,94-67+,95-69?,96-71+,97-73+,98-75+,99-77+. The van der Waals surface area contributed by atoms with Gasteiger partial charge in [-0.2, -0.15) is 0 Å². The van der Waals surface area contributed by atoms with Crippen LogP contribution in [0.5, 0.6) is 0 Å². The third kappa shape index (κ3) is 65.5. The molecule has 570 valence electrons. The van der Waals surface area contributed by atoms with Crippen LogP contribution in [0.15, 0.2) is 221 Å². The van der Waals surface area contributed by atoms with Crippen LogP contribution in [0.2, 0.25) is 0 Å². The second kappa shape index (κ2) is 64.6. The zero-order valence-corrected chi connectivity index (χ0v) is 70.8. The summed E-state index contributed by atoms with van der Waals surface area (Å²) in [7, 11) is 0. The molecule has 1 atom stereocenters. The highest BCUT2D eigenvalue weighted by molar-refractivity contribution is 5.15. The van der Waals surface area contributed by atoms with Gasteiger partial charge in [0.2, 0.25) is 0 Å². The molecule has 1 nitrogen and oxygen atoms in total. The van der Waals surface area contributed by atoms with Crippen molar-refractivity contribution in [3.05, 3.63) is 221 Å². The third-order valence-electron chi connectivity index (χ3n) is 20.4. The van der Waals surface area contributed by atoms with Crippen LogP contribution in [-0.4, -0.2) is 11.7 Å². The van der Waals surface area contributed by atoms with E-state index in [4.69, 9.17) is 5.11 Å². The number of aliphatic hydroxyl groups is 1. The minimum absolute atomic E-state index is 0.308. The predicted octanol–water partition coefficient (Wildman–Crippen LogP) is 33.8. The van der Waals surface area contributed by atoms with Crippen LogP contribution in [0.4, 0.5) is 0 Å². The fourth-order valence-electron chi connectivity index (χ4n) is 12.7. The second-order valence-corrected chi connectivity index (χ2v) is 32.1. The van der Waals surface area contributed by atoms with Gasteiger partial charge in [0.1, 0.15) is 0 Å². The van der Waals surface area contributed by atoms with Crippen LogP contribution in [0, 0.1) is 5.92 Å². The summed E-state index contributed by atoms with van der Waals surface area (Å²) in [5, 5.41) is 9.12. The van der Waals surface area contributed by atoms with E-state index in [1.54, 1.807) is 0 Å². The molecular weight excluding hydrogens is 1220 g/mol. The Balaban J connectivity index is 4.35. The molecule has 0 heterocycles. The first kappa shape index (κ1) is 96.0. The highest BCUT2D eigenvalue weighted by atomic mass is 16.3. The average Bonchev–Trinajstić information content (AvgIpc) is 3.74. The Hall–Kier alpha value is -4.98. The first-order valence-electron chi connectivity index (χ1n) is 41.3. The molecule has 0 aromatic heterocycles. The van der Waals surface area contributed by atoms with Crippen LogP contribution in [-0.2, 0) is 0 Å². The van der Waals surface area contributed by atoms with Gasteiger partial charge in [-0.05, 0) is 395 Å². The van der Waals surface area contributed by atoms with E-state index in [2.05, 4.69) is 261 Å². The summed E-state index contributed by atoms with van der Waals surface area (Å²) in [5.41, 5.74) is 28.9. The lowest BCUT2D eigenvalue weighted by molar-refractivity contribution is 0.259. The van der Waals surface area contributed by atoms with Gasteiger partial charge in [0.25, 0.3) is 0 Å². The predicted molar refractivity (Wildman–Crippen MR) is 463 cm³/mol. The molecule has 0 saturated carbocycles. The molecule has 0 spiro atoms. The smallest absolute Gasteiger partial charge is 0.0433 e. The molecule has 1 heteroatoms. The monoisotopic (exact) mass is 1380 g/mol. The minimum atomic E-state index is 0.308. The Morgan fingerprint density at radius 1 is 0.168 bits per heavy atom. The number of allylic oxidation sites excluding steroid dienone is 38. The van der Waals surface area contributed by atoms with Crippen molar-refractivity contribution in [2.24, 2.45) is 5.92 Å². The summed E-state index contributed by atoms with van der Waals surface area (Å²) in [6.45, 7) is 48.5. The number of rotatable bonds is 59. The van der Waals surface area contributed by atoms with Gasteiger partial charge in [0, 0.05) is 6.61 Å². The maximum absolute atomic E-state index is 9.12. The van der Waals surface area contributed by atoms with Gasteiger partial charge in [-0.25, -0.2) is 0 Å². The lowest BCUT2D eigenvalue weighted by Crippen LogP contribution is -1.97. The van der Waals surface area contributed by atoms with Crippen molar-refractivity contribution >= 4 is 0 Å². The second-order valence-electron chi connectivity index (χ2n) is 32.1. The van der Waals surface area contributed by atoms with Crippen molar-refractivity contribution < 1.29 is 5.11 Å². The maximum Gasteiger partial charge on any atom is 0.0433 e. The van der Waals surface area contributed by atoms with Crippen LogP contribution < -0.4 is 0 Å². The highest BCUT2D eigenvalue weighted by Gasteiger charge is 2.04. The lowest BCUT2D eigenvalue weighted by Gasteiger charge is -2.07. The average molecular weight is 1380 g/mol. The van der Waals surface area contributed by atoms with E-state index in [1.807, 2.05) is 0 Å². The first-order valence-corrected chi connectivity index (χ1v) is 41.3. The van der Waals surface area contributed by atoms with Gasteiger partial charge in [-0.15, -0.1) is 0 Å². The summed E-state index contributed by atoms with van der Waals surface area (Å²) >= 11 is 0. The van der Waals surface area contributed by atoms with Crippen molar-refractivity contribution in [1.82, 2.24) is 0 Å². The molecule has 0 aromatic rings. The normalized spacial score (nSPS) is 15.5. The van der Waals surface area contributed by atoms with Crippen LogP contribution in [0.3, 0.4) is 0 Å². The van der Waals surface area contributed by atoms with Gasteiger partial charge in [-0.3, -0.25) is 0 Å². The van der Waals surface area contributed by atoms with E-state index in [9.17, 15) is 0 Å². The molecule has 0 fully saturated rings. The van der Waals surface area contributed by atoms with Gasteiger partial charge in [-0.1, -0.05) is 228 Å². The Morgan fingerprint density at radius 2 is 0.277 bits per heavy atom. The fourth-order valence-corrected chi connectivity index (χ4v) is 12.7. The third-order valence-corrected chi connectivity index (χ3v) is 20.4. The van der Waals surface area contributed by atoms with E-state index in [-0.39, 0.29) is 0 Å². The summed E-state index contributed by atoms with van der Waals surface area (Å²) in [6, 6.07) is 0. The Bertz CT molecular complexity index is 2860. The quantitative estimate of drug-likeness (QED) is 0.0602. The van der Waals surface area contributed by atoms with Crippen molar-refractivity contribution in [2.45, 2.75) is 396 Å². The largest absolute Gasteiger partial charge is 0.396 e. The summed E-state index contributed by atoms with van der Waals surface area (Å²) in [4.78, 5) is 0. The molecule has 0 amide bonds. The zero-order chi connectivity index (χ0) is 75.3. The van der Waals surface area contributed by atoms with Crippen molar-refractivity contribution in [3.63, 3.8) is 0 Å². The van der Waals surface area contributed by atoms with Crippen molar-refractivity contribution in [3.8, 4) is 0 Å². The molecule has 101 heavy (non-hydrogen) atoms. The summed E-state index contributed by atoms with van der Waals surface area (Å²) < 4.78 is 0. The molecule has 0 aromatic carbocycles. The van der Waals surface area contributed by atoms with E-state index in [0.717, 1.165) is 128 Å². The van der Waals surface area contributed by atoms with E-state index < -0.39 is 0 Å². The topological polar surface area (TPSA) is 20.2 Å². The summed E-state index contributed by atoms with van der Waals surface area (Å²) in [6.07, 6.45) is 91.8. The molecule has 0 aliphatic carbocycles. The lowest BCUT2D eigenvalue weighted by atomic mass is 10.0. The molecule has 0 bridgehead atoms. The van der Waals surface area contributed by atoms with Crippen LogP contribution in [0.1, 0.15) is 396 Å². The van der Waals surface area contributed by atoms with Crippen molar-refractivity contribution in [1.29, 1.82) is 0 Å². The SMILES string of the molecule is CC(C)=CCC/C(C)=C/CC/C(C)=C/CC/C(C)=C/CC/C(C)=C/CCC(C)=CCC/C(C)=C/CC/C(C)=C/CC/C(C)=C/CC/C(C)=C/CC/C(C)=C/CC/C(C)=C/CC/C(C)=C/CC/C(C)=C/CCC(C)=CCC/C(C)=C/CC/C(C)=C/CC/C(C)=C/CC/C(C)=C/CCC(C)CCO. The van der Waals surface area contributed by atoms with Crippen molar-refractivity contribution in [2.75, 3.05) is 6.61 Å². The molecule has 0 aliphatic rings. The highest BCUT2D eigenvalue weighted by Crippen LogP contribution is 2.23. The summed E-state index contributed by atoms with van der Waals surface area (Å²) in [5.74, 6) is 0.611. The molecule has 0 radical (unpaired) electrons. The van der Waals surface area contributed by atoms with E-state index in [0.29, 0.717) is 12.5 Å². The van der Waals surface area contributed by atoms with Gasteiger partial charge < -0.3 is 5.11 Å². The zero-order valence-electron chi connectivity index (χ0n) is 70.8. The van der Waals surface area contributed by atoms with Crippen LogP contribution in [0.25, 0.3) is 0 Å². The molecule has 0 saturated heterocycles. The first-order chi connectivity index (χ1) is 48.3. The minimum Gasteiger partial charge on any atom is -0.396 e. The fraction of sp³-hybridized carbons (Fsp3) is 0.620. The number of hydrogen-bond donors (Lipinski definition) is 1. The number of aliphatic hydroxyl groups excluding tert-OH is 1. The van der Waals surface area contributed by atoms with Gasteiger partial charge in [0.15, 0.2) is 0 Å². The Morgan fingerprint density at radius 3 is 0.386 bits per heavy atom.